The number of nitrogens with one attached hydrogen (secondary N) is 1. The summed E-state index contributed by atoms with van der Waals surface area (Å²) >= 11 is 0. The summed E-state index contributed by atoms with van der Waals surface area (Å²) in [5.41, 5.74) is 2.30. The molecule has 1 N–H and O–H groups in total. The molecule has 0 atom stereocenters. The molecular formula is C15H20N4. The minimum atomic E-state index is 0.762. The van der Waals surface area contributed by atoms with Crippen LogP contribution in [0.1, 0.15) is 18.2 Å². The van der Waals surface area contributed by atoms with Crippen LogP contribution in [0.4, 0.5) is 5.82 Å². The minimum absolute atomic E-state index is 0.762. The van der Waals surface area contributed by atoms with Crippen molar-refractivity contribution in [3.63, 3.8) is 0 Å². The first-order chi connectivity index (χ1) is 9.29. The second kappa shape index (κ2) is 6.85. The van der Waals surface area contributed by atoms with E-state index < -0.39 is 0 Å². The van der Waals surface area contributed by atoms with Gasteiger partial charge in [-0.05, 0) is 36.4 Å². The lowest BCUT2D eigenvalue weighted by Crippen LogP contribution is -2.19. The maximum atomic E-state index is 4.41. The molecule has 0 saturated carbocycles. The number of anilines is 1. The van der Waals surface area contributed by atoms with Gasteiger partial charge in [0.05, 0.1) is 12.2 Å². The molecule has 0 spiro atoms. The Kier molecular flexibility index (Phi) is 4.86. The van der Waals surface area contributed by atoms with Gasteiger partial charge in [0, 0.05) is 26.0 Å². The average Bonchev–Trinajstić information content (AvgIpc) is 2.46. The minimum Gasteiger partial charge on any atom is -0.354 e. The molecule has 0 fully saturated rings. The van der Waals surface area contributed by atoms with Crippen molar-refractivity contribution in [2.75, 3.05) is 18.5 Å². The van der Waals surface area contributed by atoms with Crippen LogP contribution in [0.5, 0.6) is 0 Å². The van der Waals surface area contributed by atoms with E-state index in [4.69, 9.17) is 0 Å². The lowest BCUT2D eigenvalue weighted by atomic mass is 10.2. The Bertz CT molecular complexity index is 499. The molecule has 0 aliphatic rings. The molecule has 19 heavy (non-hydrogen) atoms. The van der Waals surface area contributed by atoms with Gasteiger partial charge in [-0.1, -0.05) is 13.0 Å². The van der Waals surface area contributed by atoms with Crippen LogP contribution in [-0.4, -0.2) is 23.6 Å². The fraction of sp³-hybridized carbons (Fsp3) is 0.333. The van der Waals surface area contributed by atoms with Crippen molar-refractivity contribution in [3.05, 3.63) is 54.0 Å². The quantitative estimate of drug-likeness (QED) is 0.860. The second-order valence-corrected chi connectivity index (χ2v) is 4.48. The highest BCUT2D eigenvalue weighted by Crippen LogP contribution is 2.13. The molecule has 0 aliphatic carbocycles. The predicted molar refractivity (Wildman–Crippen MR) is 78.0 cm³/mol. The smallest absolute Gasteiger partial charge is 0.128 e. The zero-order valence-electron chi connectivity index (χ0n) is 11.5. The maximum absolute atomic E-state index is 4.41. The van der Waals surface area contributed by atoms with Crippen LogP contribution < -0.4 is 10.2 Å². The summed E-state index contributed by atoms with van der Waals surface area (Å²) in [6.07, 6.45) is 3.68. The standard InChI is InChI=1S/C15H20N4/c1-3-16-11-13-7-9-18-15(10-13)19(2)12-14-6-4-5-8-17-14/h4-10,16H,3,11-12H2,1-2H3. The van der Waals surface area contributed by atoms with Gasteiger partial charge in [0.1, 0.15) is 5.82 Å². The van der Waals surface area contributed by atoms with Gasteiger partial charge >= 0.3 is 0 Å². The Morgan fingerprint density at radius 2 is 2.05 bits per heavy atom. The Morgan fingerprint density at radius 1 is 1.16 bits per heavy atom. The first-order valence-electron chi connectivity index (χ1n) is 6.56. The molecule has 0 unspecified atom stereocenters. The van der Waals surface area contributed by atoms with Crippen molar-refractivity contribution in [1.29, 1.82) is 0 Å². The van der Waals surface area contributed by atoms with Crippen molar-refractivity contribution in [2.24, 2.45) is 0 Å². The third kappa shape index (κ3) is 4.03. The Balaban J connectivity index is 2.04. The molecular weight excluding hydrogens is 236 g/mol. The predicted octanol–water partition coefficient (Wildman–Crippen LogP) is 2.22. The number of aromatic nitrogens is 2. The van der Waals surface area contributed by atoms with E-state index in [1.807, 2.05) is 43.7 Å². The highest BCUT2D eigenvalue weighted by molar-refractivity contribution is 5.40. The third-order valence-corrected chi connectivity index (χ3v) is 2.91. The summed E-state index contributed by atoms with van der Waals surface area (Å²) in [5, 5.41) is 3.32. The topological polar surface area (TPSA) is 41.1 Å². The third-order valence-electron chi connectivity index (χ3n) is 2.91. The van der Waals surface area contributed by atoms with Gasteiger partial charge in [-0.2, -0.15) is 0 Å². The normalized spacial score (nSPS) is 10.4. The fourth-order valence-electron chi connectivity index (χ4n) is 1.86. The first-order valence-corrected chi connectivity index (χ1v) is 6.56. The van der Waals surface area contributed by atoms with Gasteiger partial charge in [0.25, 0.3) is 0 Å². The molecule has 4 nitrogen and oxygen atoms in total. The fourth-order valence-corrected chi connectivity index (χ4v) is 1.86. The van der Waals surface area contributed by atoms with Gasteiger partial charge < -0.3 is 10.2 Å². The molecule has 0 aromatic carbocycles. The summed E-state index contributed by atoms with van der Waals surface area (Å²) in [6, 6.07) is 10.1. The van der Waals surface area contributed by atoms with E-state index in [2.05, 4.69) is 33.2 Å². The van der Waals surface area contributed by atoms with E-state index in [9.17, 15) is 0 Å². The number of rotatable bonds is 6. The van der Waals surface area contributed by atoms with Crippen LogP contribution in [0, 0.1) is 0 Å². The van der Waals surface area contributed by atoms with E-state index >= 15 is 0 Å². The molecule has 2 rings (SSSR count). The summed E-state index contributed by atoms with van der Waals surface area (Å²) < 4.78 is 0. The van der Waals surface area contributed by atoms with Crippen LogP contribution in [0.15, 0.2) is 42.7 Å². The van der Waals surface area contributed by atoms with Crippen LogP contribution in [0.3, 0.4) is 0 Å². The van der Waals surface area contributed by atoms with Gasteiger partial charge in [0.2, 0.25) is 0 Å². The molecule has 100 valence electrons. The summed E-state index contributed by atoms with van der Waals surface area (Å²) in [4.78, 5) is 10.9. The zero-order chi connectivity index (χ0) is 13.5. The molecule has 0 saturated heterocycles. The number of pyridine rings is 2. The van der Waals surface area contributed by atoms with Crippen LogP contribution >= 0.6 is 0 Å². The first kappa shape index (κ1) is 13.5. The molecule has 4 heteroatoms. The molecule has 0 aliphatic heterocycles. The van der Waals surface area contributed by atoms with Gasteiger partial charge in [-0.3, -0.25) is 4.98 Å². The van der Waals surface area contributed by atoms with Crippen LogP contribution in [0.2, 0.25) is 0 Å². The van der Waals surface area contributed by atoms with E-state index in [0.29, 0.717) is 0 Å². The number of hydrogen-bond donors (Lipinski definition) is 1. The Hall–Kier alpha value is -1.94. The maximum Gasteiger partial charge on any atom is 0.128 e. The molecule has 0 bridgehead atoms. The van der Waals surface area contributed by atoms with Gasteiger partial charge in [-0.15, -0.1) is 0 Å². The van der Waals surface area contributed by atoms with Crippen molar-refractivity contribution >= 4 is 5.82 Å². The second-order valence-electron chi connectivity index (χ2n) is 4.48. The largest absolute Gasteiger partial charge is 0.354 e. The highest BCUT2D eigenvalue weighted by Gasteiger charge is 2.05. The summed E-state index contributed by atoms with van der Waals surface area (Å²) in [7, 11) is 2.04. The highest BCUT2D eigenvalue weighted by atomic mass is 15.2. The van der Waals surface area contributed by atoms with Gasteiger partial charge in [-0.25, -0.2) is 4.98 Å². The number of hydrogen-bond acceptors (Lipinski definition) is 4. The Labute approximate surface area is 114 Å². The molecule has 0 amide bonds. The van der Waals surface area contributed by atoms with E-state index in [1.165, 1.54) is 5.56 Å². The van der Waals surface area contributed by atoms with E-state index in [-0.39, 0.29) is 0 Å². The zero-order valence-corrected chi connectivity index (χ0v) is 11.5. The van der Waals surface area contributed by atoms with Crippen LogP contribution in [0.25, 0.3) is 0 Å². The van der Waals surface area contributed by atoms with E-state index in [0.717, 1.165) is 31.1 Å². The number of nitrogens with zero attached hydrogens (tertiary/aromatic N) is 3. The van der Waals surface area contributed by atoms with Gasteiger partial charge in [0.15, 0.2) is 0 Å². The van der Waals surface area contributed by atoms with Crippen molar-refractivity contribution in [2.45, 2.75) is 20.0 Å². The molecule has 2 aromatic rings. The average molecular weight is 256 g/mol. The summed E-state index contributed by atoms with van der Waals surface area (Å²) in [5.74, 6) is 0.973. The van der Waals surface area contributed by atoms with Crippen LogP contribution in [-0.2, 0) is 13.1 Å². The summed E-state index contributed by atoms with van der Waals surface area (Å²) in [6.45, 7) is 4.72. The lowest BCUT2D eigenvalue weighted by molar-refractivity contribution is 0.725. The monoisotopic (exact) mass is 256 g/mol. The SMILES string of the molecule is CCNCc1ccnc(N(C)Cc2ccccn2)c1. The molecule has 2 heterocycles. The van der Waals surface area contributed by atoms with E-state index in [1.54, 1.807) is 0 Å². The Morgan fingerprint density at radius 3 is 2.79 bits per heavy atom. The van der Waals surface area contributed by atoms with Crippen molar-refractivity contribution < 1.29 is 0 Å². The molecule has 0 radical (unpaired) electrons. The van der Waals surface area contributed by atoms with Crippen molar-refractivity contribution in [3.8, 4) is 0 Å². The van der Waals surface area contributed by atoms with Crippen molar-refractivity contribution in [1.82, 2.24) is 15.3 Å². The lowest BCUT2D eigenvalue weighted by Gasteiger charge is -2.18. The molecule has 2 aromatic heterocycles.